The van der Waals surface area contributed by atoms with Crippen LogP contribution < -0.4 is 10.6 Å². The number of aryl methyl sites for hydroxylation is 1. The molecule has 3 heterocycles. The number of carbonyl (C=O) groups is 2. The zero-order valence-electron chi connectivity index (χ0n) is 13.8. The molecule has 0 aliphatic carbocycles. The number of carbonyl (C=O) groups excluding carboxylic acids is 2. The van der Waals surface area contributed by atoms with Gasteiger partial charge in [-0.2, -0.15) is 5.10 Å². The third-order valence-electron chi connectivity index (χ3n) is 4.52. The molecule has 24 heavy (non-hydrogen) atoms. The summed E-state index contributed by atoms with van der Waals surface area (Å²) < 4.78 is 6.66. The number of likely N-dealkylation sites (N-methyl/N-ethyl adjacent to an activating group) is 1. The average molecular weight is 331 g/mol. The normalized spacial score (nSPS) is 16.7. The highest BCUT2D eigenvalue weighted by molar-refractivity contribution is 5.94. The molecule has 2 aromatic rings. The second kappa shape index (κ2) is 6.38. The van der Waals surface area contributed by atoms with E-state index in [4.69, 9.17) is 4.42 Å². The van der Waals surface area contributed by atoms with Crippen LogP contribution in [0.3, 0.4) is 0 Å². The lowest BCUT2D eigenvalue weighted by Crippen LogP contribution is -2.58. The summed E-state index contributed by atoms with van der Waals surface area (Å²) in [6, 6.07) is 3.48. The van der Waals surface area contributed by atoms with Gasteiger partial charge in [0, 0.05) is 33.3 Å². The molecule has 1 aliphatic heterocycles. The molecule has 8 heteroatoms. The van der Waals surface area contributed by atoms with Crippen LogP contribution >= 0.6 is 0 Å². The highest BCUT2D eigenvalue weighted by Crippen LogP contribution is 2.28. The molecular formula is C16H21N5O3. The third kappa shape index (κ3) is 2.86. The van der Waals surface area contributed by atoms with Crippen LogP contribution in [-0.2, 0) is 11.8 Å². The Morgan fingerprint density at radius 3 is 2.58 bits per heavy atom. The number of nitrogens with one attached hydrogen (secondary N) is 2. The summed E-state index contributed by atoms with van der Waals surface area (Å²) in [6.07, 6.45) is 5.63. The van der Waals surface area contributed by atoms with Gasteiger partial charge in [-0.3, -0.25) is 14.3 Å². The summed E-state index contributed by atoms with van der Waals surface area (Å²) in [5.74, 6) is 0.613. The van der Waals surface area contributed by atoms with Gasteiger partial charge in [-0.1, -0.05) is 0 Å². The molecule has 0 atom stereocenters. The van der Waals surface area contributed by atoms with E-state index >= 15 is 0 Å². The maximum Gasteiger partial charge on any atom is 0.257 e. The Morgan fingerprint density at radius 1 is 1.29 bits per heavy atom. The van der Waals surface area contributed by atoms with Crippen molar-refractivity contribution in [1.29, 1.82) is 0 Å². The molecule has 1 fully saturated rings. The second-order valence-corrected chi connectivity index (χ2v) is 5.93. The van der Waals surface area contributed by atoms with Crippen molar-refractivity contribution in [2.75, 3.05) is 25.5 Å². The maximum absolute atomic E-state index is 12.5. The minimum Gasteiger partial charge on any atom is -0.472 e. The summed E-state index contributed by atoms with van der Waals surface area (Å²) in [7, 11) is 3.44. The lowest BCUT2D eigenvalue weighted by Gasteiger charge is -2.41. The first-order valence-electron chi connectivity index (χ1n) is 7.85. The van der Waals surface area contributed by atoms with E-state index in [9.17, 15) is 9.59 Å². The van der Waals surface area contributed by atoms with Gasteiger partial charge in [0.05, 0.1) is 18.0 Å². The Balaban J connectivity index is 1.75. The molecule has 0 saturated carbocycles. The van der Waals surface area contributed by atoms with E-state index in [2.05, 4.69) is 15.7 Å². The van der Waals surface area contributed by atoms with Gasteiger partial charge in [0.2, 0.25) is 5.91 Å². The Bertz CT molecular complexity index is 714. The highest BCUT2D eigenvalue weighted by Gasteiger charge is 2.42. The van der Waals surface area contributed by atoms with Crippen molar-refractivity contribution in [2.24, 2.45) is 7.05 Å². The molecule has 3 rings (SSSR count). The Morgan fingerprint density at radius 2 is 2.04 bits per heavy atom. The smallest absolute Gasteiger partial charge is 0.257 e. The fraction of sp³-hybridized carbons (Fsp3) is 0.438. The predicted molar refractivity (Wildman–Crippen MR) is 87.5 cm³/mol. The zero-order valence-corrected chi connectivity index (χ0v) is 13.8. The van der Waals surface area contributed by atoms with Gasteiger partial charge >= 0.3 is 0 Å². The molecule has 0 unspecified atom stereocenters. The zero-order chi connectivity index (χ0) is 17.2. The van der Waals surface area contributed by atoms with Crippen LogP contribution in [-0.4, -0.2) is 52.2 Å². The number of nitrogens with zero attached hydrogens (tertiary/aromatic N) is 3. The molecule has 8 nitrogen and oxygen atoms in total. The molecule has 0 aromatic carbocycles. The third-order valence-corrected chi connectivity index (χ3v) is 4.52. The Hall–Kier alpha value is -2.77. The van der Waals surface area contributed by atoms with Gasteiger partial charge in [-0.25, -0.2) is 0 Å². The van der Waals surface area contributed by atoms with Gasteiger partial charge in [-0.15, -0.1) is 0 Å². The highest BCUT2D eigenvalue weighted by atomic mass is 16.3. The summed E-state index contributed by atoms with van der Waals surface area (Å²) >= 11 is 0. The first kappa shape index (κ1) is 16.1. The fourth-order valence-corrected chi connectivity index (χ4v) is 3.05. The number of piperidine rings is 1. The largest absolute Gasteiger partial charge is 0.472 e. The van der Waals surface area contributed by atoms with Gasteiger partial charge in [-0.05, 0) is 18.9 Å². The van der Waals surface area contributed by atoms with Crippen molar-refractivity contribution >= 4 is 17.6 Å². The predicted octanol–water partition coefficient (Wildman–Crippen LogP) is 0.846. The summed E-state index contributed by atoms with van der Waals surface area (Å²) in [6.45, 7) is 0.977. The number of aromatic nitrogens is 2. The Labute approximate surface area is 139 Å². The molecule has 0 spiro atoms. The maximum atomic E-state index is 12.5. The van der Waals surface area contributed by atoms with Crippen LogP contribution in [0.2, 0.25) is 0 Å². The van der Waals surface area contributed by atoms with E-state index in [1.807, 2.05) is 13.1 Å². The van der Waals surface area contributed by atoms with E-state index < -0.39 is 5.54 Å². The topological polar surface area (TPSA) is 92.4 Å². The van der Waals surface area contributed by atoms with Crippen LogP contribution in [0.15, 0.2) is 35.3 Å². The van der Waals surface area contributed by atoms with Crippen molar-refractivity contribution in [2.45, 2.75) is 18.4 Å². The number of likely N-dealkylation sites (tertiary alicyclic amines) is 1. The molecule has 128 valence electrons. The minimum absolute atomic E-state index is 0.0743. The van der Waals surface area contributed by atoms with Gasteiger partial charge in [0.25, 0.3) is 5.91 Å². The van der Waals surface area contributed by atoms with Gasteiger partial charge in [0.1, 0.15) is 17.6 Å². The minimum atomic E-state index is -0.754. The van der Waals surface area contributed by atoms with Crippen LogP contribution in [0.1, 0.15) is 23.2 Å². The molecule has 1 saturated heterocycles. The number of amides is 2. The summed E-state index contributed by atoms with van der Waals surface area (Å²) in [4.78, 5) is 26.7. The number of anilines is 1. The standard InChI is InChI=1S/C16H21N5O3/c1-17-15(23)16(19-13-3-7-18-20(13)2)5-8-21(9-6-16)14(22)12-4-10-24-11-12/h3-4,7,10-11,19H,5-6,8-9H2,1-2H3,(H,17,23). The van der Waals surface area contributed by atoms with Crippen LogP contribution in [0.5, 0.6) is 0 Å². The van der Waals surface area contributed by atoms with Crippen molar-refractivity contribution in [1.82, 2.24) is 20.0 Å². The lowest BCUT2D eigenvalue weighted by atomic mass is 9.86. The number of hydrogen-bond acceptors (Lipinski definition) is 5. The molecule has 2 aromatic heterocycles. The summed E-state index contributed by atoms with van der Waals surface area (Å²) in [5.41, 5.74) is -0.225. The number of furan rings is 1. The Kier molecular flexibility index (Phi) is 4.28. The second-order valence-electron chi connectivity index (χ2n) is 5.93. The van der Waals surface area contributed by atoms with Crippen LogP contribution in [0, 0.1) is 0 Å². The van der Waals surface area contributed by atoms with Gasteiger partial charge in [0.15, 0.2) is 0 Å². The van der Waals surface area contributed by atoms with E-state index in [1.54, 1.807) is 28.9 Å². The van der Waals surface area contributed by atoms with Crippen LogP contribution in [0.4, 0.5) is 5.82 Å². The van der Waals surface area contributed by atoms with E-state index in [0.29, 0.717) is 31.5 Å². The van der Waals surface area contributed by atoms with Crippen molar-refractivity contribution in [3.63, 3.8) is 0 Å². The average Bonchev–Trinajstić information content (AvgIpc) is 3.26. The first-order valence-corrected chi connectivity index (χ1v) is 7.85. The number of hydrogen-bond donors (Lipinski definition) is 2. The number of rotatable bonds is 4. The van der Waals surface area contributed by atoms with Crippen molar-refractivity contribution in [3.05, 3.63) is 36.4 Å². The van der Waals surface area contributed by atoms with E-state index in [-0.39, 0.29) is 11.8 Å². The first-order chi connectivity index (χ1) is 11.6. The SMILES string of the molecule is CNC(=O)C1(Nc2ccnn2C)CCN(C(=O)c2ccoc2)CC1. The molecule has 0 radical (unpaired) electrons. The molecular weight excluding hydrogens is 310 g/mol. The lowest BCUT2D eigenvalue weighted by molar-refractivity contribution is -0.126. The van der Waals surface area contributed by atoms with Crippen molar-refractivity contribution < 1.29 is 14.0 Å². The summed E-state index contributed by atoms with van der Waals surface area (Å²) in [5, 5.41) is 10.2. The van der Waals surface area contributed by atoms with Crippen LogP contribution in [0.25, 0.3) is 0 Å². The molecule has 0 bridgehead atoms. The monoisotopic (exact) mass is 331 g/mol. The van der Waals surface area contributed by atoms with Crippen molar-refractivity contribution in [3.8, 4) is 0 Å². The fourth-order valence-electron chi connectivity index (χ4n) is 3.05. The van der Waals surface area contributed by atoms with E-state index in [0.717, 1.165) is 5.82 Å². The molecule has 2 N–H and O–H groups in total. The molecule has 2 amide bonds. The quantitative estimate of drug-likeness (QED) is 0.866. The van der Waals surface area contributed by atoms with E-state index in [1.165, 1.54) is 12.5 Å². The molecule has 1 aliphatic rings. The van der Waals surface area contributed by atoms with Gasteiger partial charge < -0.3 is 20.0 Å².